The Labute approximate surface area is 206 Å². The number of rotatable bonds is 8. The molecule has 2 atom stereocenters. The third kappa shape index (κ3) is 7.89. The molecule has 5 amide bonds. The lowest BCUT2D eigenvalue weighted by Gasteiger charge is -2.43. The first-order valence-electron chi connectivity index (χ1n) is 11.8. The fourth-order valence-corrected chi connectivity index (χ4v) is 4.47. The monoisotopic (exact) mass is 517 g/mol. The highest BCUT2D eigenvalue weighted by molar-refractivity contribution is 5.76. The number of hydrogen-bond donors (Lipinski definition) is 3. The second kappa shape index (κ2) is 11.7. The summed E-state index contributed by atoms with van der Waals surface area (Å²) in [5.41, 5.74) is 0.0115. The number of piperidine rings is 1. The third-order valence-corrected chi connectivity index (χ3v) is 6.20. The molecule has 1 saturated carbocycles. The highest BCUT2D eigenvalue weighted by Crippen LogP contribution is 2.33. The van der Waals surface area contributed by atoms with Crippen molar-refractivity contribution in [2.75, 3.05) is 26.7 Å². The van der Waals surface area contributed by atoms with Gasteiger partial charge in [0.15, 0.2) is 0 Å². The second-order valence-corrected chi connectivity index (χ2v) is 9.09. The van der Waals surface area contributed by atoms with Gasteiger partial charge in [0, 0.05) is 57.8 Å². The molecule has 1 aromatic rings. The Bertz CT molecular complexity index is 957. The van der Waals surface area contributed by atoms with Gasteiger partial charge in [0.2, 0.25) is 5.91 Å². The van der Waals surface area contributed by atoms with Crippen molar-refractivity contribution in [2.24, 2.45) is 5.92 Å². The molecule has 0 radical (unpaired) electrons. The zero-order valence-corrected chi connectivity index (χ0v) is 20.2. The molecule has 3 N–H and O–H groups in total. The number of carbonyl (C=O) groups is 3. The minimum absolute atomic E-state index is 0.0111. The van der Waals surface area contributed by atoms with Crippen LogP contribution in [0.1, 0.15) is 38.2 Å². The van der Waals surface area contributed by atoms with E-state index in [0.717, 1.165) is 25.0 Å². The summed E-state index contributed by atoms with van der Waals surface area (Å²) in [5.74, 6) is -1.71. The molecule has 2 fully saturated rings. The summed E-state index contributed by atoms with van der Waals surface area (Å²) < 4.78 is 55.1. The topological polar surface area (TPSA) is 103 Å². The van der Waals surface area contributed by atoms with Crippen molar-refractivity contribution in [3.63, 3.8) is 0 Å². The van der Waals surface area contributed by atoms with Gasteiger partial charge in [-0.15, -0.1) is 13.2 Å². The van der Waals surface area contributed by atoms with Gasteiger partial charge in [0.05, 0.1) is 6.04 Å². The average Bonchev–Trinajstić information content (AvgIpc) is 3.61. The fraction of sp³-hybridized carbons (Fsp3) is 0.609. The molecular weight excluding hydrogens is 486 g/mol. The zero-order valence-electron chi connectivity index (χ0n) is 20.2. The first-order valence-corrected chi connectivity index (χ1v) is 11.8. The minimum Gasteiger partial charge on any atom is -0.406 e. The van der Waals surface area contributed by atoms with Crippen LogP contribution in [0.15, 0.2) is 18.2 Å². The Morgan fingerprint density at radius 2 is 1.86 bits per heavy atom. The second-order valence-electron chi connectivity index (χ2n) is 9.09. The summed E-state index contributed by atoms with van der Waals surface area (Å²) in [6.45, 7) is 2.49. The van der Waals surface area contributed by atoms with Gasteiger partial charge < -0.3 is 30.5 Å². The Kier molecular flexibility index (Phi) is 8.85. The van der Waals surface area contributed by atoms with Crippen molar-refractivity contribution < 1.29 is 36.7 Å². The number of ether oxygens (including phenoxy) is 1. The third-order valence-electron chi connectivity index (χ3n) is 6.20. The van der Waals surface area contributed by atoms with Crippen LogP contribution >= 0.6 is 0 Å². The molecule has 1 heterocycles. The Morgan fingerprint density at radius 3 is 2.44 bits per heavy atom. The highest BCUT2D eigenvalue weighted by Gasteiger charge is 2.41. The van der Waals surface area contributed by atoms with Crippen LogP contribution in [0.2, 0.25) is 0 Å². The molecule has 2 aliphatic rings. The number of amides is 5. The van der Waals surface area contributed by atoms with Gasteiger partial charge in [-0.25, -0.2) is 14.0 Å². The molecule has 1 saturated heterocycles. The lowest BCUT2D eigenvalue weighted by Crippen LogP contribution is -2.58. The first-order chi connectivity index (χ1) is 17.0. The molecule has 36 heavy (non-hydrogen) atoms. The summed E-state index contributed by atoms with van der Waals surface area (Å²) >= 11 is 0. The van der Waals surface area contributed by atoms with Crippen LogP contribution in [0.4, 0.5) is 27.2 Å². The molecule has 9 nitrogen and oxygen atoms in total. The van der Waals surface area contributed by atoms with Crippen molar-refractivity contribution >= 4 is 18.0 Å². The summed E-state index contributed by atoms with van der Waals surface area (Å²) in [7, 11) is 1.53. The molecule has 200 valence electrons. The maximum Gasteiger partial charge on any atom is 0.573 e. The number of likely N-dealkylation sites (tertiary alicyclic amines) is 1. The number of benzene rings is 1. The van der Waals surface area contributed by atoms with Crippen LogP contribution < -0.4 is 20.7 Å². The normalized spacial score (nSPS) is 19.9. The van der Waals surface area contributed by atoms with Gasteiger partial charge >= 0.3 is 18.4 Å². The largest absolute Gasteiger partial charge is 0.573 e. The molecular formula is C23H31F4N5O4. The lowest BCUT2D eigenvalue weighted by molar-refractivity contribution is -0.274. The van der Waals surface area contributed by atoms with E-state index >= 15 is 0 Å². The number of carbonyl (C=O) groups excluding carboxylic acids is 3. The van der Waals surface area contributed by atoms with E-state index in [9.17, 15) is 31.9 Å². The van der Waals surface area contributed by atoms with Crippen LogP contribution in [0, 0.1) is 11.7 Å². The standard InChI is InChI=1S/C23H31F4N5O4/c1-14(33)29-8-7-15-9-18(13-31(12-15)21(34)28-2)32(17-4-5-17)22(35)30-11-16-3-6-19(10-20(16)24)36-23(25,26)27/h3,6,10,15,17-18H,4-5,7-9,11-13H2,1-2H3,(H,28,34)(H,29,33)(H,30,35)/t15?,18-/m1/s1. The van der Waals surface area contributed by atoms with Crippen LogP contribution in [-0.4, -0.2) is 72.9 Å². The van der Waals surface area contributed by atoms with E-state index in [1.54, 1.807) is 9.80 Å². The highest BCUT2D eigenvalue weighted by atomic mass is 19.4. The zero-order chi connectivity index (χ0) is 26.5. The molecule has 3 rings (SSSR count). The average molecular weight is 518 g/mol. The number of nitrogens with one attached hydrogen (secondary N) is 3. The first kappa shape index (κ1) is 27.3. The minimum atomic E-state index is -4.94. The van der Waals surface area contributed by atoms with Crippen LogP contribution in [0.5, 0.6) is 5.75 Å². The van der Waals surface area contributed by atoms with E-state index in [4.69, 9.17) is 0 Å². The Balaban J connectivity index is 1.67. The lowest BCUT2D eigenvalue weighted by atomic mass is 9.90. The van der Waals surface area contributed by atoms with E-state index in [1.807, 2.05) is 0 Å². The van der Waals surface area contributed by atoms with Gasteiger partial charge in [-0.05, 0) is 37.7 Å². The smallest absolute Gasteiger partial charge is 0.406 e. The van der Waals surface area contributed by atoms with E-state index in [1.165, 1.54) is 14.0 Å². The maximum atomic E-state index is 14.3. The van der Waals surface area contributed by atoms with Gasteiger partial charge in [0.1, 0.15) is 11.6 Å². The van der Waals surface area contributed by atoms with Crippen LogP contribution in [-0.2, 0) is 11.3 Å². The summed E-state index contributed by atoms with van der Waals surface area (Å²) in [4.78, 5) is 40.1. The Morgan fingerprint density at radius 1 is 1.14 bits per heavy atom. The predicted molar refractivity (Wildman–Crippen MR) is 121 cm³/mol. The van der Waals surface area contributed by atoms with Gasteiger partial charge in [-0.3, -0.25) is 4.79 Å². The van der Waals surface area contributed by atoms with E-state index < -0.39 is 24.0 Å². The van der Waals surface area contributed by atoms with E-state index in [0.29, 0.717) is 38.5 Å². The van der Waals surface area contributed by atoms with Crippen molar-refractivity contribution in [3.8, 4) is 5.75 Å². The van der Waals surface area contributed by atoms with Crippen LogP contribution in [0.3, 0.4) is 0 Å². The quantitative estimate of drug-likeness (QED) is 0.462. The van der Waals surface area contributed by atoms with Gasteiger partial charge in [-0.2, -0.15) is 0 Å². The number of urea groups is 2. The molecule has 1 aliphatic heterocycles. The summed E-state index contributed by atoms with van der Waals surface area (Å²) in [6, 6.07) is 1.75. The molecule has 13 heteroatoms. The van der Waals surface area contributed by atoms with Crippen molar-refractivity contribution in [1.82, 2.24) is 25.8 Å². The number of alkyl halides is 3. The van der Waals surface area contributed by atoms with E-state index in [-0.39, 0.29) is 42.0 Å². The van der Waals surface area contributed by atoms with Crippen molar-refractivity contribution in [3.05, 3.63) is 29.6 Å². The molecule has 0 spiro atoms. The fourth-order valence-electron chi connectivity index (χ4n) is 4.47. The van der Waals surface area contributed by atoms with Gasteiger partial charge in [-0.1, -0.05) is 6.07 Å². The molecule has 0 bridgehead atoms. The number of hydrogen-bond acceptors (Lipinski definition) is 4. The summed E-state index contributed by atoms with van der Waals surface area (Å²) in [6.07, 6.45) is -2.05. The molecule has 1 aromatic carbocycles. The van der Waals surface area contributed by atoms with Crippen molar-refractivity contribution in [1.29, 1.82) is 0 Å². The van der Waals surface area contributed by atoms with E-state index in [2.05, 4.69) is 20.7 Å². The number of halogens is 4. The molecule has 1 aliphatic carbocycles. The maximum absolute atomic E-state index is 14.3. The Hall–Kier alpha value is -3.25. The van der Waals surface area contributed by atoms with Gasteiger partial charge in [0.25, 0.3) is 0 Å². The molecule has 1 unspecified atom stereocenters. The SMILES string of the molecule is CNC(=O)N1CC(CCNC(C)=O)C[C@@H](N(C(=O)NCc2ccc(OC(F)(F)F)cc2F)C2CC2)C1. The number of nitrogens with zero attached hydrogens (tertiary/aromatic N) is 2. The molecule has 0 aromatic heterocycles. The van der Waals surface area contributed by atoms with Crippen molar-refractivity contribution in [2.45, 2.75) is 57.6 Å². The summed E-state index contributed by atoms with van der Waals surface area (Å²) in [5, 5.41) is 8.03. The van der Waals surface area contributed by atoms with Crippen LogP contribution in [0.25, 0.3) is 0 Å². The predicted octanol–water partition coefficient (Wildman–Crippen LogP) is 2.95.